The first-order valence-electron chi connectivity index (χ1n) is 10.2. The molecule has 35 heavy (non-hydrogen) atoms. The van der Waals surface area contributed by atoms with Crippen LogP contribution in [0.4, 0.5) is 11.4 Å². The summed E-state index contributed by atoms with van der Waals surface area (Å²) in [6.07, 6.45) is 1.40. The van der Waals surface area contributed by atoms with E-state index in [-0.39, 0.29) is 33.2 Å². The maximum absolute atomic E-state index is 13.1. The predicted octanol–water partition coefficient (Wildman–Crippen LogP) is 2.84. The van der Waals surface area contributed by atoms with Crippen LogP contribution in [0.25, 0.3) is 10.9 Å². The molecule has 11 nitrogen and oxygen atoms in total. The summed E-state index contributed by atoms with van der Waals surface area (Å²) in [5.41, 5.74) is 0.809. The fourth-order valence-electron chi connectivity index (χ4n) is 3.66. The van der Waals surface area contributed by atoms with Crippen molar-refractivity contribution in [3.05, 3.63) is 71.3 Å². The Labute approximate surface area is 200 Å². The van der Waals surface area contributed by atoms with Gasteiger partial charge in [-0.1, -0.05) is 12.1 Å². The second kappa shape index (κ2) is 8.62. The van der Waals surface area contributed by atoms with Gasteiger partial charge in [-0.05, 0) is 37.3 Å². The number of rotatable bonds is 6. The Kier molecular flexibility index (Phi) is 5.79. The number of aryl methyl sites for hydroxylation is 3. The Morgan fingerprint density at radius 1 is 1.11 bits per heavy atom. The number of para-hydroxylation sites is 1. The number of carboxylic acid groups (broad SMARTS) is 1. The van der Waals surface area contributed by atoms with Gasteiger partial charge in [0.15, 0.2) is 5.03 Å². The van der Waals surface area contributed by atoms with E-state index in [0.29, 0.717) is 16.7 Å². The molecule has 0 aliphatic rings. The first kappa shape index (κ1) is 23.5. The number of nitrogens with zero attached hydrogens (tertiary/aromatic N) is 4. The smallest absolute Gasteiger partial charge is 0.337 e. The van der Waals surface area contributed by atoms with Crippen molar-refractivity contribution >= 4 is 44.2 Å². The molecule has 178 valence electrons. The summed E-state index contributed by atoms with van der Waals surface area (Å²) in [5, 5.41) is 21.5. The third-order valence-electron chi connectivity index (χ3n) is 5.52. The van der Waals surface area contributed by atoms with Crippen LogP contribution in [0.1, 0.15) is 32.2 Å². The molecule has 0 atom stereocenters. The Balaban J connectivity index is 1.71. The molecule has 3 N–H and O–H groups in total. The van der Waals surface area contributed by atoms with E-state index >= 15 is 0 Å². The number of aromatic carboxylic acids is 1. The van der Waals surface area contributed by atoms with Crippen molar-refractivity contribution in [3.8, 4) is 6.07 Å². The van der Waals surface area contributed by atoms with Crippen LogP contribution in [0, 0.1) is 18.3 Å². The minimum Gasteiger partial charge on any atom is -0.478 e. The Hall–Kier alpha value is -4.63. The molecule has 0 fully saturated rings. The van der Waals surface area contributed by atoms with Crippen LogP contribution in [0.3, 0.4) is 0 Å². The second-order valence-corrected chi connectivity index (χ2v) is 9.44. The number of aromatic nitrogens is 3. The molecule has 0 aliphatic heterocycles. The number of benzene rings is 2. The van der Waals surface area contributed by atoms with E-state index in [2.05, 4.69) is 15.0 Å². The van der Waals surface area contributed by atoms with Gasteiger partial charge < -0.3 is 19.6 Å². The number of carbonyl (C=O) groups excluding carboxylic acids is 1. The van der Waals surface area contributed by atoms with Crippen LogP contribution >= 0.6 is 0 Å². The van der Waals surface area contributed by atoms with Gasteiger partial charge in [0, 0.05) is 25.7 Å². The van der Waals surface area contributed by atoms with Gasteiger partial charge in [0.05, 0.1) is 34.1 Å². The van der Waals surface area contributed by atoms with Crippen LogP contribution in [0.2, 0.25) is 0 Å². The maximum Gasteiger partial charge on any atom is 0.337 e. The summed E-state index contributed by atoms with van der Waals surface area (Å²) in [5.74, 6) is -1.37. The molecule has 12 heteroatoms. The molecule has 0 bridgehead atoms. The van der Waals surface area contributed by atoms with Gasteiger partial charge in [-0.15, -0.1) is 0 Å². The molecule has 0 radical (unpaired) electrons. The Morgan fingerprint density at radius 2 is 1.86 bits per heavy atom. The molecule has 2 aromatic carbocycles. The lowest BCUT2D eigenvalue weighted by atomic mass is 10.1. The molecule has 2 aromatic heterocycles. The van der Waals surface area contributed by atoms with Crippen LogP contribution < -0.4 is 10.0 Å². The largest absolute Gasteiger partial charge is 0.478 e. The molecular formula is C23H20N6O5S. The van der Waals surface area contributed by atoms with Gasteiger partial charge >= 0.3 is 5.97 Å². The number of nitrogens with one attached hydrogen (secondary N) is 2. The van der Waals surface area contributed by atoms with Gasteiger partial charge in [0.1, 0.15) is 11.5 Å². The van der Waals surface area contributed by atoms with Crippen LogP contribution in [-0.2, 0) is 24.1 Å². The number of nitriles is 1. The number of carboxylic acids is 1. The lowest BCUT2D eigenvalue weighted by molar-refractivity contribution is 0.0698. The standard InChI is InChI=1S/C23H20N6O5S/c1-13-25-20(12-28(13)2)35(33,34)27-18-6-4-5-15-10-19(29(3)21(15)18)22(30)26-17-8-7-14(11-24)9-16(17)23(31)32/h4-10,12,27H,1-3H3,(H,26,30)(H,31,32). The number of hydrogen-bond donors (Lipinski definition) is 3. The number of hydrogen-bond acceptors (Lipinski definition) is 6. The van der Waals surface area contributed by atoms with Crippen molar-refractivity contribution in [3.63, 3.8) is 0 Å². The molecule has 4 rings (SSSR count). The van der Waals surface area contributed by atoms with Crippen molar-refractivity contribution in [2.45, 2.75) is 11.9 Å². The first-order valence-corrected chi connectivity index (χ1v) is 11.7. The number of sulfonamides is 1. The second-order valence-electron chi connectivity index (χ2n) is 7.81. The molecule has 0 unspecified atom stereocenters. The van der Waals surface area contributed by atoms with Crippen LogP contribution in [0.15, 0.2) is 53.7 Å². The van der Waals surface area contributed by atoms with Gasteiger partial charge in [-0.2, -0.15) is 13.7 Å². The highest BCUT2D eigenvalue weighted by atomic mass is 32.2. The minimum atomic E-state index is -3.99. The zero-order valence-electron chi connectivity index (χ0n) is 18.9. The average Bonchev–Trinajstić information content (AvgIpc) is 3.33. The molecule has 4 aromatic rings. The number of imidazole rings is 1. The highest BCUT2D eigenvalue weighted by Gasteiger charge is 2.23. The van der Waals surface area contributed by atoms with Gasteiger partial charge in [0.25, 0.3) is 15.9 Å². The van der Waals surface area contributed by atoms with E-state index in [1.54, 1.807) is 49.9 Å². The van der Waals surface area contributed by atoms with Crippen LogP contribution in [0.5, 0.6) is 0 Å². The fourth-order valence-corrected chi connectivity index (χ4v) is 4.76. The summed E-state index contributed by atoms with van der Waals surface area (Å²) < 4.78 is 31.4. The molecule has 0 saturated heterocycles. The quantitative estimate of drug-likeness (QED) is 0.373. The summed E-state index contributed by atoms with van der Waals surface area (Å²) in [6.45, 7) is 1.69. The molecule has 0 spiro atoms. The summed E-state index contributed by atoms with van der Waals surface area (Å²) in [4.78, 5) is 28.7. The highest BCUT2D eigenvalue weighted by Crippen LogP contribution is 2.29. The lowest BCUT2D eigenvalue weighted by Crippen LogP contribution is -2.18. The molecule has 0 saturated carbocycles. The van der Waals surface area contributed by atoms with Crippen molar-refractivity contribution in [2.75, 3.05) is 10.0 Å². The summed E-state index contributed by atoms with van der Waals surface area (Å²) >= 11 is 0. The van der Waals surface area contributed by atoms with E-state index in [9.17, 15) is 23.1 Å². The van der Waals surface area contributed by atoms with E-state index in [0.717, 1.165) is 0 Å². The Morgan fingerprint density at radius 3 is 2.49 bits per heavy atom. The zero-order chi connectivity index (χ0) is 25.5. The number of anilines is 2. The predicted molar refractivity (Wildman–Crippen MR) is 128 cm³/mol. The van der Waals surface area contributed by atoms with E-state index in [1.807, 2.05) is 6.07 Å². The molecular weight excluding hydrogens is 472 g/mol. The third-order valence-corrected chi connectivity index (χ3v) is 6.76. The highest BCUT2D eigenvalue weighted by molar-refractivity contribution is 7.92. The van der Waals surface area contributed by atoms with E-state index in [4.69, 9.17) is 5.26 Å². The topological polar surface area (TPSA) is 159 Å². The SMILES string of the molecule is Cc1nc(S(=O)(=O)Nc2cccc3cc(C(=O)Nc4ccc(C#N)cc4C(=O)O)n(C)c23)cn1C. The fraction of sp³-hybridized carbons (Fsp3) is 0.130. The third kappa shape index (κ3) is 4.32. The first-order chi connectivity index (χ1) is 16.5. The summed E-state index contributed by atoms with van der Waals surface area (Å²) in [6, 6.07) is 12.3. The van der Waals surface area contributed by atoms with Gasteiger partial charge in [-0.3, -0.25) is 9.52 Å². The molecule has 1 amide bonds. The normalized spacial score (nSPS) is 11.3. The van der Waals surface area contributed by atoms with E-state index in [1.165, 1.54) is 29.0 Å². The minimum absolute atomic E-state index is 0.0261. The van der Waals surface area contributed by atoms with Gasteiger partial charge in [-0.25, -0.2) is 9.78 Å². The van der Waals surface area contributed by atoms with Crippen molar-refractivity contribution in [1.29, 1.82) is 5.26 Å². The number of carbonyl (C=O) groups is 2. The Bertz CT molecular complexity index is 1640. The summed E-state index contributed by atoms with van der Waals surface area (Å²) in [7, 11) is -0.710. The lowest BCUT2D eigenvalue weighted by Gasteiger charge is -2.11. The zero-order valence-corrected chi connectivity index (χ0v) is 19.7. The van der Waals surface area contributed by atoms with Crippen molar-refractivity contribution in [2.24, 2.45) is 14.1 Å². The monoisotopic (exact) mass is 492 g/mol. The van der Waals surface area contributed by atoms with Gasteiger partial charge in [0.2, 0.25) is 0 Å². The number of amides is 1. The molecule has 2 heterocycles. The van der Waals surface area contributed by atoms with Crippen molar-refractivity contribution in [1.82, 2.24) is 14.1 Å². The van der Waals surface area contributed by atoms with Crippen molar-refractivity contribution < 1.29 is 23.1 Å². The maximum atomic E-state index is 13.1. The van der Waals surface area contributed by atoms with E-state index < -0.39 is 21.9 Å². The van der Waals surface area contributed by atoms with Crippen LogP contribution in [-0.4, -0.2) is 39.5 Å². The average molecular weight is 493 g/mol. The number of fused-ring (bicyclic) bond motifs is 1. The molecule has 0 aliphatic carbocycles.